The number of benzene rings is 1. The van der Waals surface area contributed by atoms with Crippen LogP contribution in [0, 0.1) is 5.82 Å². The maximum absolute atomic E-state index is 13.1. The van der Waals surface area contributed by atoms with Gasteiger partial charge in [-0.05, 0) is 46.5 Å². The van der Waals surface area contributed by atoms with E-state index in [1.54, 1.807) is 12.1 Å². The summed E-state index contributed by atoms with van der Waals surface area (Å²) in [6.45, 7) is 0.478. The van der Waals surface area contributed by atoms with E-state index in [2.05, 4.69) is 21.2 Å². The molecule has 0 aromatic heterocycles. The van der Waals surface area contributed by atoms with Crippen LogP contribution < -0.4 is 11.1 Å². The topological polar surface area (TPSA) is 55.1 Å². The van der Waals surface area contributed by atoms with Crippen LogP contribution in [0.4, 0.5) is 4.39 Å². The molecule has 1 amide bonds. The molecule has 0 unspecified atom stereocenters. The van der Waals surface area contributed by atoms with Crippen molar-refractivity contribution in [3.8, 4) is 0 Å². The first-order chi connectivity index (χ1) is 9.04. The number of amides is 1. The maximum atomic E-state index is 13.1. The highest BCUT2D eigenvalue weighted by Crippen LogP contribution is 2.28. The molecule has 112 valence electrons. The van der Waals surface area contributed by atoms with Crippen molar-refractivity contribution in [3.63, 3.8) is 0 Å². The highest BCUT2D eigenvalue weighted by Gasteiger charge is 2.33. The van der Waals surface area contributed by atoms with E-state index >= 15 is 0 Å². The van der Waals surface area contributed by atoms with Gasteiger partial charge in [-0.2, -0.15) is 0 Å². The van der Waals surface area contributed by atoms with Gasteiger partial charge in [0, 0.05) is 6.54 Å². The van der Waals surface area contributed by atoms with Gasteiger partial charge in [-0.25, -0.2) is 4.39 Å². The summed E-state index contributed by atoms with van der Waals surface area (Å²) in [4.78, 5) is 12.1. The van der Waals surface area contributed by atoms with Crippen LogP contribution in [0.3, 0.4) is 0 Å². The second kappa shape index (κ2) is 7.38. The zero-order valence-corrected chi connectivity index (χ0v) is 13.5. The molecule has 3 nitrogen and oxygen atoms in total. The molecule has 0 bridgehead atoms. The largest absolute Gasteiger partial charge is 0.349 e. The number of hydrogen-bond donors (Lipinski definition) is 2. The molecule has 3 N–H and O–H groups in total. The Balaban J connectivity index is 0.00000200. The molecule has 0 saturated heterocycles. The van der Waals surface area contributed by atoms with Crippen molar-refractivity contribution in [2.24, 2.45) is 5.73 Å². The summed E-state index contributed by atoms with van der Waals surface area (Å²) in [5.74, 6) is -0.371. The zero-order valence-electron chi connectivity index (χ0n) is 11.1. The lowest BCUT2D eigenvalue weighted by molar-refractivity contribution is -0.122. The zero-order chi connectivity index (χ0) is 13.9. The fraction of sp³-hybridized carbons (Fsp3) is 0.500. The standard InChI is InChI=1S/C14H18BrFN2O.ClH/c15-11-7-10(3-4-12(11)16)8-13(19)18-14(9-17)5-1-2-6-14;/h3-4,7H,1-2,5-6,8-9,17H2,(H,18,19);1H. The molecule has 1 aliphatic carbocycles. The molecule has 20 heavy (non-hydrogen) atoms. The fourth-order valence-corrected chi connectivity index (χ4v) is 3.03. The summed E-state index contributed by atoms with van der Waals surface area (Å²) in [5, 5.41) is 3.05. The van der Waals surface area contributed by atoms with Gasteiger partial charge >= 0.3 is 0 Å². The molecule has 0 heterocycles. The predicted molar refractivity (Wildman–Crippen MR) is 83.4 cm³/mol. The molecule has 0 atom stereocenters. The van der Waals surface area contributed by atoms with Crippen LogP contribution in [0.15, 0.2) is 22.7 Å². The highest BCUT2D eigenvalue weighted by molar-refractivity contribution is 9.10. The molecule has 1 saturated carbocycles. The number of carbonyl (C=O) groups is 1. The van der Waals surface area contributed by atoms with Gasteiger partial charge in [0.05, 0.1) is 16.4 Å². The van der Waals surface area contributed by atoms with Crippen LogP contribution in [0.5, 0.6) is 0 Å². The summed E-state index contributed by atoms with van der Waals surface area (Å²) in [5.41, 5.74) is 6.34. The quantitative estimate of drug-likeness (QED) is 0.862. The van der Waals surface area contributed by atoms with Gasteiger partial charge in [-0.15, -0.1) is 12.4 Å². The number of nitrogens with two attached hydrogens (primary N) is 1. The fourth-order valence-electron chi connectivity index (χ4n) is 2.61. The molecule has 0 spiro atoms. The minimum atomic E-state index is -0.321. The van der Waals surface area contributed by atoms with E-state index in [1.165, 1.54) is 6.07 Å². The van der Waals surface area contributed by atoms with Crippen molar-refractivity contribution in [3.05, 3.63) is 34.1 Å². The molecule has 1 aromatic carbocycles. The lowest BCUT2D eigenvalue weighted by atomic mass is 9.97. The van der Waals surface area contributed by atoms with Gasteiger partial charge in [0.25, 0.3) is 0 Å². The smallest absolute Gasteiger partial charge is 0.224 e. The Labute approximate surface area is 133 Å². The van der Waals surface area contributed by atoms with E-state index in [0.29, 0.717) is 11.0 Å². The van der Waals surface area contributed by atoms with Crippen molar-refractivity contribution in [2.75, 3.05) is 6.54 Å². The van der Waals surface area contributed by atoms with Crippen molar-refractivity contribution >= 4 is 34.2 Å². The minimum absolute atomic E-state index is 0. The SMILES string of the molecule is Cl.NCC1(NC(=O)Cc2ccc(F)c(Br)c2)CCCC1. The lowest BCUT2D eigenvalue weighted by Crippen LogP contribution is -2.52. The average Bonchev–Trinajstić information content (AvgIpc) is 2.83. The first-order valence-corrected chi connectivity index (χ1v) is 7.29. The normalized spacial score (nSPS) is 16.6. The van der Waals surface area contributed by atoms with Gasteiger partial charge in [0.1, 0.15) is 5.82 Å². The van der Waals surface area contributed by atoms with Gasteiger partial charge in [-0.1, -0.05) is 18.9 Å². The van der Waals surface area contributed by atoms with E-state index in [-0.39, 0.29) is 36.1 Å². The summed E-state index contributed by atoms with van der Waals surface area (Å²) in [6.07, 6.45) is 4.37. The van der Waals surface area contributed by atoms with Crippen molar-refractivity contribution in [2.45, 2.75) is 37.6 Å². The van der Waals surface area contributed by atoms with E-state index < -0.39 is 0 Å². The van der Waals surface area contributed by atoms with Crippen LogP contribution in [0.2, 0.25) is 0 Å². The molecule has 1 fully saturated rings. The molecule has 2 rings (SSSR count). The predicted octanol–water partition coefficient (Wildman–Crippen LogP) is 2.94. The number of halogens is 3. The number of rotatable bonds is 4. The Morgan fingerprint density at radius 1 is 1.40 bits per heavy atom. The Morgan fingerprint density at radius 3 is 2.60 bits per heavy atom. The highest BCUT2D eigenvalue weighted by atomic mass is 79.9. The lowest BCUT2D eigenvalue weighted by Gasteiger charge is -2.28. The number of carbonyl (C=O) groups excluding carboxylic acids is 1. The second-order valence-corrected chi connectivity index (χ2v) is 6.02. The van der Waals surface area contributed by atoms with E-state index in [1.807, 2.05) is 0 Å². The van der Waals surface area contributed by atoms with Crippen molar-refractivity contribution in [1.29, 1.82) is 0 Å². The first-order valence-electron chi connectivity index (χ1n) is 6.50. The number of nitrogens with one attached hydrogen (secondary N) is 1. The van der Waals surface area contributed by atoms with Gasteiger partial charge in [0.2, 0.25) is 5.91 Å². The number of hydrogen-bond acceptors (Lipinski definition) is 2. The van der Waals surface area contributed by atoms with Crippen molar-refractivity contribution < 1.29 is 9.18 Å². The summed E-state index contributed by atoms with van der Waals surface area (Å²) in [6, 6.07) is 4.63. The average molecular weight is 366 g/mol. The third-order valence-electron chi connectivity index (χ3n) is 3.70. The molecule has 1 aliphatic rings. The summed E-state index contributed by atoms with van der Waals surface area (Å²) in [7, 11) is 0. The third kappa shape index (κ3) is 4.17. The Kier molecular flexibility index (Phi) is 6.43. The molecule has 0 radical (unpaired) electrons. The molecular weight excluding hydrogens is 347 g/mol. The monoisotopic (exact) mass is 364 g/mol. The Bertz CT molecular complexity index is 478. The minimum Gasteiger partial charge on any atom is -0.349 e. The maximum Gasteiger partial charge on any atom is 0.224 e. The molecule has 1 aromatic rings. The van der Waals surface area contributed by atoms with E-state index in [9.17, 15) is 9.18 Å². The molecule has 0 aliphatic heterocycles. The first kappa shape index (κ1) is 17.4. The second-order valence-electron chi connectivity index (χ2n) is 5.16. The van der Waals surface area contributed by atoms with E-state index in [0.717, 1.165) is 31.2 Å². The Morgan fingerprint density at radius 2 is 2.05 bits per heavy atom. The van der Waals surface area contributed by atoms with E-state index in [4.69, 9.17) is 5.73 Å². The third-order valence-corrected chi connectivity index (χ3v) is 4.31. The van der Waals surface area contributed by atoms with Crippen LogP contribution in [-0.4, -0.2) is 18.0 Å². The van der Waals surface area contributed by atoms with Gasteiger partial charge < -0.3 is 11.1 Å². The van der Waals surface area contributed by atoms with Gasteiger partial charge in [-0.3, -0.25) is 4.79 Å². The van der Waals surface area contributed by atoms with Crippen LogP contribution in [-0.2, 0) is 11.2 Å². The van der Waals surface area contributed by atoms with Crippen LogP contribution in [0.25, 0.3) is 0 Å². The van der Waals surface area contributed by atoms with Gasteiger partial charge in [0.15, 0.2) is 0 Å². The Hall–Kier alpha value is -0.650. The molecular formula is C14H19BrClFN2O. The van der Waals surface area contributed by atoms with Crippen LogP contribution in [0.1, 0.15) is 31.2 Å². The summed E-state index contributed by atoms with van der Waals surface area (Å²) < 4.78 is 13.5. The summed E-state index contributed by atoms with van der Waals surface area (Å²) >= 11 is 3.12. The molecule has 6 heteroatoms. The van der Waals surface area contributed by atoms with Crippen molar-refractivity contribution in [1.82, 2.24) is 5.32 Å². The van der Waals surface area contributed by atoms with Crippen LogP contribution >= 0.6 is 28.3 Å².